The van der Waals surface area contributed by atoms with Gasteiger partial charge in [-0.25, -0.2) is 9.67 Å². The van der Waals surface area contributed by atoms with Gasteiger partial charge in [-0.05, 0) is 5.92 Å². The highest BCUT2D eigenvalue weighted by atomic mass is 15.3. The molecule has 0 aliphatic carbocycles. The van der Waals surface area contributed by atoms with Crippen LogP contribution >= 0.6 is 0 Å². The van der Waals surface area contributed by atoms with Crippen LogP contribution in [0.4, 0.5) is 0 Å². The van der Waals surface area contributed by atoms with Gasteiger partial charge in [-0.1, -0.05) is 13.8 Å². The van der Waals surface area contributed by atoms with E-state index in [1.807, 2.05) is 7.05 Å². The Morgan fingerprint density at radius 3 is 2.70 bits per heavy atom. The molecule has 1 radical (unpaired) electrons. The third kappa shape index (κ3) is 1.83. The van der Waals surface area contributed by atoms with Crippen LogP contribution in [0.2, 0.25) is 0 Å². The quantitative estimate of drug-likeness (QED) is 0.605. The molecule has 0 unspecified atom stereocenters. The van der Waals surface area contributed by atoms with E-state index in [9.17, 15) is 0 Å². The zero-order valence-electron chi connectivity index (χ0n) is 6.63. The maximum Gasteiger partial charge on any atom is 0.196 e. The Hall–Kier alpha value is -0.860. The summed E-state index contributed by atoms with van der Waals surface area (Å²) in [6.45, 7) is 4.30. The van der Waals surface area contributed by atoms with E-state index < -0.39 is 0 Å². The van der Waals surface area contributed by atoms with E-state index in [1.54, 1.807) is 4.68 Å². The first-order valence-electron chi connectivity index (χ1n) is 3.46. The van der Waals surface area contributed by atoms with Gasteiger partial charge in [0.15, 0.2) is 12.2 Å². The van der Waals surface area contributed by atoms with E-state index in [1.165, 1.54) is 0 Å². The molecule has 0 aliphatic rings. The van der Waals surface area contributed by atoms with Crippen molar-refractivity contribution in [1.29, 1.82) is 0 Å². The molecule has 3 heteroatoms. The van der Waals surface area contributed by atoms with Crippen molar-refractivity contribution in [1.82, 2.24) is 14.8 Å². The van der Waals surface area contributed by atoms with Crippen molar-refractivity contribution in [3.8, 4) is 0 Å². The number of aryl methyl sites for hydroxylation is 1. The van der Waals surface area contributed by atoms with E-state index >= 15 is 0 Å². The zero-order chi connectivity index (χ0) is 7.56. The second-order valence-electron chi connectivity index (χ2n) is 2.85. The van der Waals surface area contributed by atoms with Gasteiger partial charge in [0, 0.05) is 13.5 Å². The zero-order valence-corrected chi connectivity index (χ0v) is 6.63. The lowest BCUT2D eigenvalue weighted by molar-refractivity contribution is 0.612. The van der Waals surface area contributed by atoms with Crippen molar-refractivity contribution in [3.63, 3.8) is 0 Å². The van der Waals surface area contributed by atoms with Gasteiger partial charge < -0.3 is 0 Å². The number of hydrogen-bond acceptors (Lipinski definition) is 2. The normalized spacial score (nSPS) is 10.8. The van der Waals surface area contributed by atoms with Crippen molar-refractivity contribution in [3.05, 3.63) is 12.2 Å². The molecule has 10 heavy (non-hydrogen) atoms. The number of rotatable bonds is 2. The molecule has 0 amide bonds. The summed E-state index contributed by atoms with van der Waals surface area (Å²) in [6.07, 6.45) is 3.67. The van der Waals surface area contributed by atoms with Gasteiger partial charge in [0.05, 0.1) is 0 Å². The first kappa shape index (κ1) is 7.25. The number of nitrogens with zero attached hydrogens (tertiary/aromatic N) is 3. The van der Waals surface area contributed by atoms with Gasteiger partial charge >= 0.3 is 0 Å². The van der Waals surface area contributed by atoms with E-state index in [0.29, 0.717) is 5.92 Å². The van der Waals surface area contributed by atoms with Crippen LogP contribution in [0, 0.1) is 12.2 Å². The Kier molecular flexibility index (Phi) is 2.04. The van der Waals surface area contributed by atoms with Crippen molar-refractivity contribution >= 4 is 0 Å². The summed E-state index contributed by atoms with van der Waals surface area (Å²) < 4.78 is 1.61. The maximum atomic E-state index is 4.10. The molecular weight excluding hydrogens is 126 g/mol. The molecule has 0 saturated carbocycles. The van der Waals surface area contributed by atoms with Crippen LogP contribution < -0.4 is 0 Å². The average Bonchev–Trinajstić information content (AvgIpc) is 2.13. The van der Waals surface area contributed by atoms with Gasteiger partial charge in [-0.3, -0.25) is 0 Å². The molecule has 0 saturated heterocycles. The van der Waals surface area contributed by atoms with Gasteiger partial charge in [-0.2, -0.15) is 5.10 Å². The summed E-state index contributed by atoms with van der Waals surface area (Å²) in [5.74, 6) is 1.51. The van der Waals surface area contributed by atoms with Crippen molar-refractivity contribution in [2.45, 2.75) is 20.3 Å². The highest BCUT2D eigenvalue weighted by Gasteiger charge is 2.01. The summed E-state index contributed by atoms with van der Waals surface area (Å²) in [5, 5.41) is 4.10. The molecule has 1 heterocycles. The Labute approximate surface area is 61.1 Å². The van der Waals surface area contributed by atoms with Crippen LogP contribution in [-0.2, 0) is 13.5 Å². The number of aromatic nitrogens is 3. The van der Waals surface area contributed by atoms with Gasteiger partial charge in [0.1, 0.15) is 0 Å². The Morgan fingerprint density at radius 1 is 1.60 bits per heavy atom. The molecular formula is C7H12N3. The maximum absolute atomic E-state index is 4.10. The highest BCUT2D eigenvalue weighted by molar-refractivity contribution is 4.81. The minimum absolute atomic E-state index is 0.621. The number of hydrogen-bond donors (Lipinski definition) is 0. The van der Waals surface area contributed by atoms with Crippen LogP contribution in [-0.4, -0.2) is 14.8 Å². The predicted molar refractivity (Wildman–Crippen MR) is 38.4 cm³/mol. The Bertz CT molecular complexity index is 202. The Morgan fingerprint density at radius 2 is 2.30 bits per heavy atom. The molecule has 0 spiro atoms. The highest BCUT2D eigenvalue weighted by Crippen LogP contribution is 2.00. The lowest BCUT2D eigenvalue weighted by Crippen LogP contribution is -1.97. The van der Waals surface area contributed by atoms with E-state index in [4.69, 9.17) is 0 Å². The second-order valence-corrected chi connectivity index (χ2v) is 2.85. The smallest absolute Gasteiger partial charge is 0.196 e. The monoisotopic (exact) mass is 138 g/mol. The molecule has 0 bridgehead atoms. The van der Waals surface area contributed by atoms with Crippen LogP contribution in [0.5, 0.6) is 0 Å². The van der Waals surface area contributed by atoms with Crippen LogP contribution in [0.1, 0.15) is 19.7 Å². The topological polar surface area (TPSA) is 30.7 Å². The fourth-order valence-electron chi connectivity index (χ4n) is 0.800. The molecule has 3 nitrogen and oxygen atoms in total. The van der Waals surface area contributed by atoms with E-state index in [0.717, 1.165) is 12.2 Å². The molecule has 0 atom stereocenters. The fourth-order valence-corrected chi connectivity index (χ4v) is 0.800. The first-order chi connectivity index (χ1) is 4.68. The first-order valence-corrected chi connectivity index (χ1v) is 3.46. The van der Waals surface area contributed by atoms with E-state index in [2.05, 4.69) is 30.3 Å². The predicted octanol–water partition coefficient (Wildman–Crippen LogP) is 0.814. The molecule has 0 aromatic carbocycles. The molecule has 0 fully saturated rings. The molecule has 1 aromatic heterocycles. The standard InChI is InChI=1S/C7H12N3/c1-6(2)4-7-8-5-10(3)9-7/h6H,4H2,1-3H3. The third-order valence-corrected chi connectivity index (χ3v) is 1.18. The third-order valence-electron chi connectivity index (χ3n) is 1.18. The molecule has 1 aromatic rings. The SMILES string of the molecule is CC(C)Cc1n[c]n(C)n1. The minimum atomic E-state index is 0.621. The largest absolute Gasteiger partial charge is 0.246 e. The van der Waals surface area contributed by atoms with Crippen molar-refractivity contribution in [2.75, 3.05) is 0 Å². The van der Waals surface area contributed by atoms with Crippen LogP contribution in [0.15, 0.2) is 0 Å². The lowest BCUT2D eigenvalue weighted by atomic mass is 10.1. The van der Waals surface area contributed by atoms with Crippen molar-refractivity contribution in [2.24, 2.45) is 13.0 Å². The van der Waals surface area contributed by atoms with Crippen LogP contribution in [0.25, 0.3) is 0 Å². The summed E-state index contributed by atoms with van der Waals surface area (Å²) in [5.41, 5.74) is 0. The van der Waals surface area contributed by atoms with E-state index in [-0.39, 0.29) is 0 Å². The lowest BCUT2D eigenvalue weighted by Gasteiger charge is -1.96. The molecule has 1 rings (SSSR count). The second kappa shape index (κ2) is 2.82. The minimum Gasteiger partial charge on any atom is -0.246 e. The summed E-state index contributed by atoms with van der Waals surface area (Å²) in [7, 11) is 1.83. The average molecular weight is 138 g/mol. The molecule has 0 N–H and O–H groups in total. The molecule has 55 valence electrons. The van der Waals surface area contributed by atoms with Crippen molar-refractivity contribution < 1.29 is 0 Å². The van der Waals surface area contributed by atoms with Gasteiger partial charge in [0.2, 0.25) is 0 Å². The summed E-state index contributed by atoms with van der Waals surface area (Å²) in [4.78, 5) is 3.98. The summed E-state index contributed by atoms with van der Waals surface area (Å²) >= 11 is 0. The van der Waals surface area contributed by atoms with Gasteiger partial charge in [0.25, 0.3) is 0 Å². The van der Waals surface area contributed by atoms with Gasteiger partial charge in [-0.15, -0.1) is 0 Å². The van der Waals surface area contributed by atoms with Crippen LogP contribution in [0.3, 0.4) is 0 Å². The Balaban J connectivity index is 2.58. The molecule has 0 aliphatic heterocycles. The fraction of sp³-hybridized carbons (Fsp3) is 0.714. The summed E-state index contributed by atoms with van der Waals surface area (Å²) in [6, 6.07) is 0.